The Bertz CT molecular complexity index is 708. The Morgan fingerprint density at radius 2 is 0.421 bits per heavy atom. The Balaban J connectivity index is 3.23. The standard InChI is InChI=1S/C52H102O5/c1-3-5-7-9-11-13-15-17-19-21-23-25-27-29-31-33-35-37-39-41-43-45-51(53)56-49-47-55-48-50-57-52(54)46-44-42-40-38-36-34-32-30-28-26-24-22-20-18-16-14-12-10-8-6-4-2/h3-50H2,1-2H3. The lowest BCUT2D eigenvalue weighted by molar-refractivity contribution is -0.146. The molecule has 0 atom stereocenters. The summed E-state index contributed by atoms with van der Waals surface area (Å²) in [4.78, 5) is 24.0. The van der Waals surface area contributed by atoms with Crippen molar-refractivity contribution >= 4 is 11.9 Å². The van der Waals surface area contributed by atoms with Crippen LogP contribution < -0.4 is 0 Å². The van der Waals surface area contributed by atoms with Gasteiger partial charge in [0.05, 0.1) is 13.2 Å². The minimum absolute atomic E-state index is 0.132. The van der Waals surface area contributed by atoms with E-state index >= 15 is 0 Å². The lowest BCUT2D eigenvalue weighted by atomic mass is 10.0. The molecule has 5 nitrogen and oxygen atoms in total. The van der Waals surface area contributed by atoms with E-state index in [1.165, 1.54) is 244 Å². The van der Waals surface area contributed by atoms with Gasteiger partial charge >= 0.3 is 11.9 Å². The van der Waals surface area contributed by atoms with Gasteiger partial charge in [0.15, 0.2) is 0 Å². The molecule has 0 radical (unpaired) electrons. The van der Waals surface area contributed by atoms with E-state index < -0.39 is 0 Å². The molecule has 0 aromatic heterocycles. The van der Waals surface area contributed by atoms with Crippen LogP contribution in [0.4, 0.5) is 0 Å². The van der Waals surface area contributed by atoms with Crippen molar-refractivity contribution in [2.75, 3.05) is 26.4 Å². The van der Waals surface area contributed by atoms with Gasteiger partial charge in [-0.1, -0.05) is 271 Å². The van der Waals surface area contributed by atoms with Gasteiger partial charge in [-0.3, -0.25) is 9.59 Å². The van der Waals surface area contributed by atoms with E-state index in [1.807, 2.05) is 0 Å². The summed E-state index contributed by atoms with van der Waals surface area (Å²) in [5.74, 6) is -0.263. The van der Waals surface area contributed by atoms with E-state index in [2.05, 4.69) is 13.8 Å². The molecule has 5 heteroatoms. The number of unbranched alkanes of at least 4 members (excludes halogenated alkanes) is 40. The summed E-state index contributed by atoms with van der Waals surface area (Å²) in [5, 5.41) is 0. The van der Waals surface area contributed by atoms with E-state index in [-0.39, 0.29) is 25.2 Å². The summed E-state index contributed by atoms with van der Waals surface area (Å²) >= 11 is 0. The van der Waals surface area contributed by atoms with Gasteiger partial charge in [-0.2, -0.15) is 0 Å². The normalized spacial score (nSPS) is 11.4. The first kappa shape index (κ1) is 55.9. The van der Waals surface area contributed by atoms with Crippen molar-refractivity contribution in [3.8, 4) is 0 Å². The topological polar surface area (TPSA) is 61.8 Å². The summed E-state index contributed by atoms with van der Waals surface area (Å²) in [7, 11) is 0. The molecule has 0 amide bonds. The third kappa shape index (κ3) is 51.0. The SMILES string of the molecule is CCCCCCCCCCCCCCCCCCCCCCCC(=O)OCCOCCOC(=O)CCCCCCCCCCCCCCCCCCCCCCC. The van der Waals surface area contributed by atoms with Crippen molar-refractivity contribution in [3.63, 3.8) is 0 Å². The fourth-order valence-electron chi connectivity index (χ4n) is 8.08. The number of rotatable bonds is 50. The maximum atomic E-state index is 12.0. The molecule has 0 aromatic rings. The summed E-state index contributed by atoms with van der Waals surface area (Å²) in [6, 6.07) is 0. The van der Waals surface area contributed by atoms with Crippen molar-refractivity contribution in [2.45, 2.75) is 296 Å². The predicted molar refractivity (Wildman–Crippen MR) is 247 cm³/mol. The van der Waals surface area contributed by atoms with E-state index in [0.29, 0.717) is 26.1 Å². The molecule has 0 aliphatic heterocycles. The van der Waals surface area contributed by atoms with Crippen LogP contribution in [-0.4, -0.2) is 38.4 Å². The Kier molecular flexibility index (Phi) is 50.1. The van der Waals surface area contributed by atoms with Gasteiger partial charge < -0.3 is 14.2 Å². The lowest BCUT2D eigenvalue weighted by Crippen LogP contribution is -2.14. The molecular formula is C52H102O5. The Morgan fingerprint density at radius 3 is 0.614 bits per heavy atom. The molecule has 0 aromatic carbocycles. The molecule has 57 heavy (non-hydrogen) atoms. The zero-order chi connectivity index (χ0) is 41.2. The second-order valence-electron chi connectivity index (χ2n) is 17.7. The minimum Gasteiger partial charge on any atom is -0.463 e. The molecule has 0 unspecified atom stereocenters. The quantitative estimate of drug-likeness (QED) is 0.0453. The van der Waals surface area contributed by atoms with Crippen LogP contribution >= 0.6 is 0 Å². The zero-order valence-electron chi connectivity index (χ0n) is 39.0. The maximum absolute atomic E-state index is 12.0. The Morgan fingerprint density at radius 1 is 0.246 bits per heavy atom. The number of hydrogen-bond acceptors (Lipinski definition) is 5. The summed E-state index contributed by atoms with van der Waals surface area (Å²) < 4.78 is 16.1. The molecule has 0 bridgehead atoms. The van der Waals surface area contributed by atoms with Crippen molar-refractivity contribution < 1.29 is 23.8 Å². The molecule has 0 aliphatic rings. The van der Waals surface area contributed by atoms with E-state index in [4.69, 9.17) is 14.2 Å². The third-order valence-electron chi connectivity index (χ3n) is 12.0. The fraction of sp³-hybridized carbons (Fsp3) is 0.962. The number of hydrogen-bond donors (Lipinski definition) is 0. The van der Waals surface area contributed by atoms with Gasteiger partial charge in [-0.05, 0) is 12.8 Å². The fourth-order valence-corrected chi connectivity index (χ4v) is 8.08. The van der Waals surface area contributed by atoms with Crippen LogP contribution in [-0.2, 0) is 23.8 Å². The second kappa shape index (κ2) is 51.0. The molecule has 0 aliphatic carbocycles. The second-order valence-corrected chi connectivity index (χ2v) is 17.7. The van der Waals surface area contributed by atoms with Crippen molar-refractivity contribution in [3.05, 3.63) is 0 Å². The Labute approximate surface area is 357 Å². The molecule has 0 heterocycles. The maximum Gasteiger partial charge on any atom is 0.305 e. The van der Waals surface area contributed by atoms with Crippen LogP contribution in [0.5, 0.6) is 0 Å². The van der Waals surface area contributed by atoms with E-state index in [1.54, 1.807) is 0 Å². The monoisotopic (exact) mass is 807 g/mol. The van der Waals surface area contributed by atoms with Crippen molar-refractivity contribution in [1.29, 1.82) is 0 Å². The molecule has 0 fully saturated rings. The van der Waals surface area contributed by atoms with Crippen molar-refractivity contribution in [2.24, 2.45) is 0 Å². The third-order valence-corrected chi connectivity index (χ3v) is 12.0. The van der Waals surface area contributed by atoms with Crippen LogP contribution in [0.25, 0.3) is 0 Å². The summed E-state index contributed by atoms with van der Waals surface area (Å²) in [6.45, 7) is 5.82. The van der Waals surface area contributed by atoms with E-state index in [0.717, 1.165) is 25.7 Å². The van der Waals surface area contributed by atoms with Crippen LogP contribution in [0, 0.1) is 0 Å². The molecule has 0 saturated carbocycles. The highest BCUT2D eigenvalue weighted by molar-refractivity contribution is 5.69. The average molecular weight is 807 g/mol. The number of carbonyl (C=O) groups is 2. The summed E-state index contributed by atoms with van der Waals surface area (Å²) in [5.41, 5.74) is 0. The van der Waals surface area contributed by atoms with Crippen LogP contribution in [0.2, 0.25) is 0 Å². The van der Waals surface area contributed by atoms with Crippen LogP contribution in [0.3, 0.4) is 0 Å². The molecular weight excluding hydrogens is 705 g/mol. The first-order valence-corrected chi connectivity index (χ1v) is 26.1. The minimum atomic E-state index is -0.132. The predicted octanol–water partition coefficient (Wildman–Crippen LogP) is 17.3. The van der Waals surface area contributed by atoms with Gasteiger partial charge in [0.1, 0.15) is 13.2 Å². The van der Waals surface area contributed by atoms with Crippen LogP contribution in [0.15, 0.2) is 0 Å². The molecule has 0 rings (SSSR count). The van der Waals surface area contributed by atoms with Gasteiger partial charge in [0, 0.05) is 12.8 Å². The Hall–Kier alpha value is -1.10. The van der Waals surface area contributed by atoms with Gasteiger partial charge in [-0.15, -0.1) is 0 Å². The molecule has 0 N–H and O–H groups in total. The number of carbonyl (C=O) groups excluding carboxylic acids is 2. The first-order valence-electron chi connectivity index (χ1n) is 26.1. The molecule has 0 saturated heterocycles. The van der Waals surface area contributed by atoms with Gasteiger partial charge in [-0.25, -0.2) is 0 Å². The largest absolute Gasteiger partial charge is 0.463 e. The van der Waals surface area contributed by atoms with Crippen molar-refractivity contribution in [1.82, 2.24) is 0 Å². The summed E-state index contributed by atoms with van der Waals surface area (Å²) in [6.07, 6.45) is 58.2. The molecule has 340 valence electrons. The van der Waals surface area contributed by atoms with Gasteiger partial charge in [0.25, 0.3) is 0 Å². The number of ether oxygens (including phenoxy) is 3. The van der Waals surface area contributed by atoms with E-state index in [9.17, 15) is 9.59 Å². The molecule has 0 spiro atoms. The average Bonchev–Trinajstić information content (AvgIpc) is 3.21. The lowest BCUT2D eigenvalue weighted by Gasteiger charge is -2.07. The zero-order valence-corrected chi connectivity index (χ0v) is 39.0. The first-order chi connectivity index (χ1) is 28.2. The number of esters is 2. The van der Waals surface area contributed by atoms with Crippen LogP contribution in [0.1, 0.15) is 296 Å². The van der Waals surface area contributed by atoms with Gasteiger partial charge in [0.2, 0.25) is 0 Å². The highest BCUT2D eigenvalue weighted by Crippen LogP contribution is 2.17. The highest BCUT2D eigenvalue weighted by Gasteiger charge is 2.05. The highest BCUT2D eigenvalue weighted by atomic mass is 16.6. The smallest absolute Gasteiger partial charge is 0.305 e.